The number of carbonyl (C=O) groups is 1. The van der Waals surface area contributed by atoms with Gasteiger partial charge in [0.2, 0.25) is 5.71 Å². The summed E-state index contributed by atoms with van der Waals surface area (Å²) in [4.78, 5) is 19.9. The van der Waals surface area contributed by atoms with Gasteiger partial charge in [-0.1, -0.05) is 54.6 Å². The molecule has 1 radical (unpaired) electrons. The number of carboxylic acid groups (broad SMARTS) is 1. The summed E-state index contributed by atoms with van der Waals surface area (Å²) in [5.41, 5.74) is 4.94. The van der Waals surface area contributed by atoms with Crippen LogP contribution in [0, 0.1) is 0 Å². The molecule has 5 aromatic rings. The first-order valence-electron chi connectivity index (χ1n) is 11.2. The normalized spacial score (nSPS) is 10.6. The summed E-state index contributed by atoms with van der Waals surface area (Å²) in [7, 11) is 1.64. The van der Waals surface area contributed by atoms with Crippen LogP contribution in [-0.2, 0) is 11.2 Å². The molecule has 2 N–H and O–H groups in total. The molecule has 2 aromatic heterocycles. The number of aromatic nitrogens is 2. The van der Waals surface area contributed by atoms with Gasteiger partial charge in [0.1, 0.15) is 23.7 Å². The minimum Gasteiger partial charge on any atom is -0.497 e. The van der Waals surface area contributed by atoms with Gasteiger partial charge in [0.05, 0.1) is 12.5 Å². The summed E-state index contributed by atoms with van der Waals surface area (Å²) in [5, 5.41) is 13.2. The smallest absolute Gasteiger partial charge is 0.303 e. The van der Waals surface area contributed by atoms with Gasteiger partial charge >= 0.3 is 5.97 Å². The molecule has 0 bridgehead atoms. The van der Waals surface area contributed by atoms with E-state index in [-0.39, 0.29) is 36.0 Å². The van der Waals surface area contributed by atoms with Crippen molar-refractivity contribution < 1.29 is 19.1 Å². The fraction of sp³-hybridized carbons (Fsp3) is 0.107. The maximum atomic E-state index is 11.0. The summed E-state index contributed by atoms with van der Waals surface area (Å²) in [6.45, 7) is 0. The van der Waals surface area contributed by atoms with Crippen LogP contribution in [0.5, 0.6) is 5.75 Å². The van der Waals surface area contributed by atoms with E-state index in [2.05, 4.69) is 15.3 Å². The van der Waals surface area contributed by atoms with Crippen molar-refractivity contribution in [3.63, 3.8) is 0 Å². The number of hydrogen-bond acceptors (Lipinski definition) is 6. The van der Waals surface area contributed by atoms with E-state index in [0.717, 1.165) is 39.1 Å². The van der Waals surface area contributed by atoms with Gasteiger partial charge < -0.3 is 19.6 Å². The number of aryl methyl sites for hydroxylation is 1. The van der Waals surface area contributed by atoms with Crippen molar-refractivity contribution in [1.29, 1.82) is 0 Å². The predicted molar refractivity (Wildman–Crippen MR) is 141 cm³/mol. The number of benzene rings is 3. The van der Waals surface area contributed by atoms with Gasteiger partial charge in [0, 0.05) is 52.8 Å². The number of anilines is 2. The summed E-state index contributed by atoms with van der Waals surface area (Å²) in [6, 6.07) is 25.3. The zero-order chi connectivity index (χ0) is 24.2. The van der Waals surface area contributed by atoms with Crippen LogP contribution in [0.4, 0.5) is 11.5 Å². The number of rotatable bonds is 8. The van der Waals surface area contributed by atoms with Gasteiger partial charge in [0.15, 0.2) is 0 Å². The Kier molecular flexibility index (Phi) is 8.05. The number of furan rings is 1. The molecule has 2 heterocycles. The van der Waals surface area contributed by atoms with Crippen LogP contribution >= 0.6 is 0 Å². The number of nitrogens with zero attached hydrogens (tertiary/aromatic N) is 2. The molecule has 36 heavy (non-hydrogen) atoms. The van der Waals surface area contributed by atoms with Crippen molar-refractivity contribution in [2.45, 2.75) is 12.8 Å². The monoisotopic (exact) mass is 488 g/mol. The molecule has 0 aliphatic rings. The summed E-state index contributed by atoms with van der Waals surface area (Å²) in [5.74, 6) is 1.24. The molecule has 0 fully saturated rings. The number of hydrogen-bond donors (Lipinski definition) is 2. The molecular weight excluding hydrogens is 465 g/mol. The van der Waals surface area contributed by atoms with Crippen LogP contribution in [0.2, 0.25) is 0 Å². The van der Waals surface area contributed by atoms with Gasteiger partial charge in [-0.25, -0.2) is 9.97 Å². The SMILES string of the molecule is COc1ccc(-c2c(-c3ccccc3)oc3ncnc(Nc4cccc(CCC(=O)O)c4)c23)cc1.[Na]. The molecule has 175 valence electrons. The third-order valence-corrected chi connectivity index (χ3v) is 5.72. The minimum absolute atomic E-state index is 0. The number of ether oxygens (including phenoxy) is 1. The Balaban J connectivity index is 0.00000304. The minimum atomic E-state index is -0.822. The number of carboxylic acids is 1. The molecular formula is C28H23N3NaO4. The molecule has 5 rings (SSSR count). The molecule has 0 aliphatic carbocycles. The zero-order valence-electron chi connectivity index (χ0n) is 20.1. The Hall–Kier alpha value is -3.65. The first-order valence-corrected chi connectivity index (χ1v) is 11.2. The summed E-state index contributed by atoms with van der Waals surface area (Å²) >= 11 is 0. The van der Waals surface area contributed by atoms with Crippen LogP contribution < -0.4 is 10.1 Å². The molecule has 8 heteroatoms. The molecule has 0 unspecified atom stereocenters. The maximum Gasteiger partial charge on any atom is 0.303 e. The van der Waals surface area contributed by atoms with E-state index in [4.69, 9.17) is 14.3 Å². The Labute approximate surface area is 230 Å². The van der Waals surface area contributed by atoms with Gasteiger partial charge in [-0.15, -0.1) is 0 Å². The van der Waals surface area contributed by atoms with Gasteiger partial charge in [0.25, 0.3) is 0 Å². The van der Waals surface area contributed by atoms with E-state index < -0.39 is 5.97 Å². The molecule has 0 saturated carbocycles. The first kappa shape index (κ1) is 25.4. The molecule has 3 aromatic carbocycles. The summed E-state index contributed by atoms with van der Waals surface area (Å²) < 4.78 is 11.6. The van der Waals surface area contributed by atoms with E-state index >= 15 is 0 Å². The van der Waals surface area contributed by atoms with Crippen molar-refractivity contribution >= 4 is 58.1 Å². The van der Waals surface area contributed by atoms with Crippen LogP contribution in [0.15, 0.2) is 89.6 Å². The standard InChI is InChI=1S/C28H23N3O4.Na/c1-34-22-13-11-19(12-14-22)24-25-27(31-21-9-5-6-18(16-21)10-15-23(32)33)29-17-30-28(25)35-26(24)20-7-3-2-4-8-20;/h2-9,11-14,16-17H,10,15H2,1H3,(H,32,33)(H,29,30,31);. The van der Waals surface area contributed by atoms with E-state index in [9.17, 15) is 4.79 Å². The average Bonchev–Trinajstić information content (AvgIpc) is 3.29. The number of aliphatic carboxylic acids is 1. The number of fused-ring (bicyclic) bond motifs is 1. The molecule has 0 saturated heterocycles. The second kappa shape index (κ2) is 11.4. The van der Waals surface area contributed by atoms with Crippen LogP contribution in [0.1, 0.15) is 12.0 Å². The zero-order valence-corrected chi connectivity index (χ0v) is 22.1. The fourth-order valence-corrected chi connectivity index (χ4v) is 4.05. The van der Waals surface area contributed by atoms with E-state index in [1.807, 2.05) is 78.9 Å². The molecule has 0 amide bonds. The van der Waals surface area contributed by atoms with Crippen molar-refractivity contribution in [2.75, 3.05) is 12.4 Å². The van der Waals surface area contributed by atoms with E-state index in [1.165, 1.54) is 6.33 Å². The van der Waals surface area contributed by atoms with E-state index in [1.54, 1.807) is 7.11 Å². The third kappa shape index (κ3) is 5.44. The number of methoxy groups -OCH3 is 1. The second-order valence-electron chi connectivity index (χ2n) is 8.02. The third-order valence-electron chi connectivity index (χ3n) is 5.72. The van der Waals surface area contributed by atoms with Gasteiger partial charge in [-0.05, 0) is 41.8 Å². The molecule has 0 aliphatic heterocycles. The molecule has 0 spiro atoms. The maximum absolute atomic E-state index is 11.0. The van der Waals surface area contributed by atoms with Crippen LogP contribution in [0.3, 0.4) is 0 Å². The Morgan fingerprint density at radius 1 is 0.972 bits per heavy atom. The van der Waals surface area contributed by atoms with Gasteiger partial charge in [-0.2, -0.15) is 0 Å². The fourth-order valence-electron chi connectivity index (χ4n) is 4.05. The Bertz CT molecular complexity index is 1480. The van der Waals surface area contributed by atoms with Crippen molar-refractivity contribution in [1.82, 2.24) is 9.97 Å². The summed E-state index contributed by atoms with van der Waals surface area (Å²) in [6.07, 6.45) is 1.99. The van der Waals surface area contributed by atoms with E-state index in [0.29, 0.717) is 23.7 Å². The molecule has 7 nitrogen and oxygen atoms in total. The topological polar surface area (TPSA) is 97.5 Å². The second-order valence-corrected chi connectivity index (χ2v) is 8.02. The molecule has 0 atom stereocenters. The quantitative estimate of drug-likeness (QED) is 0.261. The van der Waals surface area contributed by atoms with Crippen LogP contribution in [0.25, 0.3) is 33.6 Å². The van der Waals surface area contributed by atoms with Gasteiger partial charge in [-0.3, -0.25) is 4.79 Å². The van der Waals surface area contributed by atoms with Crippen molar-refractivity contribution in [3.05, 3.63) is 90.8 Å². The van der Waals surface area contributed by atoms with Crippen LogP contribution in [-0.4, -0.2) is 57.7 Å². The van der Waals surface area contributed by atoms with Crippen molar-refractivity contribution in [2.24, 2.45) is 0 Å². The predicted octanol–water partition coefficient (Wildman–Crippen LogP) is 5.95. The largest absolute Gasteiger partial charge is 0.497 e. The average molecular weight is 488 g/mol. The number of nitrogens with one attached hydrogen (secondary N) is 1. The Morgan fingerprint density at radius 3 is 2.47 bits per heavy atom. The van der Waals surface area contributed by atoms with Crippen molar-refractivity contribution in [3.8, 4) is 28.2 Å². The Morgan fingerprint density at radius 2 is 1.75 bits per heavy atom. The first-order chi connectivity index (χ1) is 17.1.